The summed E-state index contributed by atoms with van der Waals surface area (Å²) in [6.07, 6.45) is 15.0. The zero-order chi connectivity index (χ0) is 12.1. The summed E-state index contributed by atoms with van der Waals surface area (Å²) in [5, 5.41) is 0. The minimum Gasteiger partial charge on any atom is -0.870 e. The molecule has 2 aliphatic rings. The zero-order valence-corrected chi connectivity index (χ0v) is 12.5. The Morgan fingerprint density at radius 2 is 1.00 bits per heavy atom. The molecule has 108 valence electrons. The molecule has 0 heterocycles. The molecule has 0 aliphatic heterocycles. The Kier molecular flexibility index (Phi) is 6.65. The van der Waals surface area contributed by atoms with Gasteiger partial charge in [0.25, 0.3) is 0 Å². The maximum atomic E-state index is 2.45. The minimum absolute atomic E-state index is 0. The Bertz CT molecular complexity index is 193. The summed E-state index contributed by atoms with van der Waals surface area (Å²) in [6, 6.07) is 2.00. The van der Waals surface area contributed by atoms with E-state index in [2.05, 4.69) is 13.8 Å². The van der Waals surface area contributed by atoms with E-state index in [1.54, 1.807) is 0 Å². The average molecular weight is 255 g/mol. The van der Waals surface area contributed by atoms with E-state index in [-0.39, 0.29) is 5.48 Å². The van der Waals surface area contributed by atoms with E-state index in [1.165, 1.54) is 81.8 Å². The Balaban J connectivity index is 0.00000162. The second kappa shape index (κ2) is 7.49. The Morgan fingerprint density at radius 3 is 1.28 bits per heavy atom. The first-order valence-corrected chi connectivity index (χ1v) is 8.20. The van der Waals surface area contributed by atoms with Crippen LogP contribution < -0.4 is 0 Å². The van der Waals surface area contributed by atoms with E-state index >= 15 is 0 Å². The normalized spacial score (nSPS) is 23.7. The van der Waals surface area contributed by atoms with Gasteiger partial charge in [0.1, 0.15) is 0 Å². The van der Waals surface area contributed by atoms with Crippen LogP contribution >= 0.6 is 0 Å². The number of rotatable bonds is 4. The Morgan fingerprint density at radius 1 is 0.667 bits per heavy atom. The predicted octanol–water partition coefficient (Wildman–Crippen LogP) is 4.33. The minimum atomic E-state index is 0. The summed E-state index contributed by atoms with van der Waals surface area (Å²) in [7, 11) is 0. The smallest absolute Gasteiger partial charge is 0.0892 e. The van der Waals surface area contributed by atoms with E-state index < -0.39 is 0 Å². The third kappa shape index (κ3) is 3.08. The molecule has 2 nitrogen and oxygen atoms in total. The van der Waals surface area contributed by atoms with E-state index in [4.69, 9.17) is 0 Å². The standard InChI is InChI=1S/C16H32N.H2O/c1-3-17(4-2,15-11-7-5-8-12-15)16-13-9-6-10-14-16;/h15-16H,3-14H2,1-2H3;1H2/q+1;/p-1. The largest absolute Gasteiger partial charge is 0.870 e. The van der Waals surface area contributed by atoms with Crippen LogP contribution in [0.1, 0.15) is 78.1 Å². The second-order valence-electron chi connectivity index (χ2n) is 6.32. The van der Waals surface area contributed by atoms with Gasteiger partial charge in [-0.15, -0.1) is 0 Å². The molecular weight excluding hydrogens is 222 g/mol. The molecule has 1 N–H and O–H groups in total. The zero-order valence-electron chi connectivity index (χ0n) is 12.5. The van der Waals surface area contributed by atoms with E-state index in [9.17, 15) is 0 Å². The second-order valence-corrected chi connectivity index (χ2v) is 6.32. The summed E-state index contributed by atoms with van der Waals surface area (Å²) in [4.78, 5) is 0. The quantitative estimate of drug-likeness (QED) is 0.688. The molecule has 2 rings (SSSR count). The molecule has 0 radical (unpaired) electrons. The highest BCUT2D eigenvalue weighted by atomic mass is 16.0. The van der Waals surface area contributed by atoms with Crippen molar-refractivity contribution < 1.29 is 9.96 Å². The van der Waals surface area contributed by atoms with Crippen LogP contribution in [0, 0.1) is 0 Å². The number of quaternary nitrogens is 1. The van der Waals surface area contributed by atoms with Gasteiger partial charge in [0.05, 0.1) is 25.2 Å². The lowest BCUT2D eigenvalue weighted by molar-refractivity contribution is -0.972. The lowest BCUT2D eigenvalue weighted by Gasteiger charge is -2.51. The first-order chi connectivity index (χ1) is 8.33. The highest BCUT2D eigenvalue weighted by Gasteiger charge is 2.41. The molecule has 0 aromatic carbocycles. The van der Waals surface area contributed by atoms with Gasteiger partial charge in [0.2, 0.25) is 0 Å². The number of hydrogen-bond donors (Lipinski definition) is 0. The topological polar surface area (TPSA) is 30.0 Å². The molecule has 2 heteroatoms. The molecule has 2 fully saturated rings. The molecule has 0 saturated heterocycles. The monoisotopic (exact) mass is 255 g/mol. The maximum absolute atomic E-state index is 2.45. The van der Waals surface area contributed by atoms with Crippen LogP contribution in [0.4, 0.5) is 0 Å². The van der Waals surface area contributed by atoms with E-state index in [0.717, 1.165) is 12.1 Å². The predicted molar refractivity (Wildman–Crippen MR) is 77.0 cm³/mol. The molecule has 2 aliphatic carbocycles. The van der Waals surface area contributed by atoms with Crippen molar-refractivity contribution in [2.24, 2.45) is 0 Å². The number of hydrogen-bond acceptors (Lipinski definition) is 1. The van der Waals surface area contributed by atoms with E-state index in [0.29, 0.717) is 0 Å². The third-order valence-electron chi connectivity index (χ3n) is 5.78. The highest BCUT2D eigenvalue weighted by Crippen LogP contribution is 2.36. The van der Waals surface area contributed by atoms with Crippen molar-refractivity contribution in [3.8, 4) is 0 Å². The van der Waals surface area contributed by atoms with E-state index in [1.807, 2.05) is 0 Å². The molecule has 18 heavy (non-hydrogen) atoms. The summed E-state index contributed by atoms with van der Waals surface area (Å²) >= 11 is 0. The SMILES string of the molecule is CC[N+](CC)(C1CCCCC1)C1CCCCC1.[OH-]. The van der Waals surface area contributed by atoms with Gasteiger partial charge in [-0.2, -0.15) is 0 Å². The lowest BCUT2D eigenvalue weighted by Crippen LogP contribution is -2.62. The Hall–Kier alpha value is -0.0800. The van der Waals surface area contributed by atoms with Crippen LogP contribution in [0.3, 0.4) is 0 Å². The first kappa shape index (κ1) is 16.0. The van der Waals surface area contributed by atoms with Crippen molar-refractivity contribution >= 4 is 0 Å². The molecule has 2 saturated carbocycles. The summed E-state index contributed by atoms with van der Waals surface area (Å²) in [6.45, 7) is 7.66. The van der Waals surface area contributed by atoms with Crippen molar-refractivity contribution in [1.82, 2.24) is 0 Å². The summed E-state index contributed by atoms with van der Waals surface area (Å²) in [5.74, 6) is 0. The molecule has 0 atom stereocenters. The molecule has 0 spiro atoms. The van der Waals surface area contributed by atoms with Gasteiger partial charge in [0.15, 0.2) is 0 Å². The van der Waals surface area contributed by atoms with Crippen LogP contribution in [0.15, 0.2) is 0 Å². The van der Waals surface area contributed by atoms with Gasteiger partial charge in [-0.1, -0.05) is 12.8 Å². The fourth-order valence-electron chi connectivity index (χ4n) is 4.75. The van der Waals surface area contributed by atoms with Gasteiger partial charge in [0, 0.05) is 0 Å². The fourth-order valence-corrected chi connectivity index (χ4v) is 4.75. The highest BCUT2D eigenvalue weighted by molar-refractivity contribution is 4.74. The third-order valence-corrected chi connectivity index (χ3v) is 5.78. The van der Waals surface area contributed by atoms with Crippen molar-refractivity contribution in [3.63, 3.8) is 0 Å². The maximum Gasteiger partial charge on any atom is 0.0892 e. The average Bonchev–Trinajstić information content (AvgIpc) is 2.43. The molecular formula is C16H33NO. The molecule has 0 unspecified atom stereocenters. The van der Waals surface area contributed by atoms with Crippen LogP contribution in [-0.4, -0.2) is 35.1 Å². The van der Waals surface area contributed by atoms with Crippen LogP contribution in [0.25, 0.3) is 0 Å². The Labute approximate surface area is 114 Å². The molecule has 0 bridgehead atoms. The lowest BCUT2D eigenvalue weighted by atomic mass is 9.85. The fraction of sp³-hybridized carbons (Fsp3) is 1.00. The van der Waals surface area contributed by atoms with Crippen molar-refractivity contribution in [2.75, 3.05) is 13.1 Å². The van der Waals surface area contributed by atoms with Crippen LogP contribution in [0.5, 0.6) is 0 Å². The van der Waals surface area contributed by atoms with Crippen molar-refractivity contribution in [2.45, 2.75) is 90.1 Å². The molecule has 0 aromatic heterocycles. The van der Waals surface area contributed by atoms with Gasteiger partial charge in [-0.25, -0.2) is 0 Å². The van der Waals surface area contributed by atoms with Gasteiger partial charge in [-0.05, 0) is 65.2 Å². The summed E-state index contributed by atoms with van der Waals surface area (Å²) in [5.41, 5.74) is 0. The van der Waals surface area contributed by atoms with Crippen LogP contribution in [0.2, 0.25) is 0 Å². The van der Waals surface area contributed by atoms with Crippen LogP contribution in [-0.2, 0) is 0 Å². The van der Waals surface area contributed by atoms with Gasteiger partial charge >= 0.3 is 0 Å². The summed E-state index contributed by atoms with van der Waals surface area (Å²) < 4.78 is 1.47. The van der Waals surface area contributed by atoms with Crippen molar-refractivity contribution in [3.05, 3.63) is 0 Å². The molecule has 0 aromatic rings. The van der Waals surface area contributed by atoms with Crippen molar-refractivity contribution in [1.29, 1.82) is 0 Å². The van der Waals surface area contributed by atoms with Gasteiger partial charge in [-0.3, -0.25) is 0 Å². The first-order valence-electron chi connectivity index (χ1n) is 8.20. The van der Waals surface area contributed by atoms with Gasteiger partial charge < -0.3 is 9.96 Å². The number of nitrogens with zero attached hydrogens (tertiary/aromatic N) is 1. The molecule has 0 amide bonds.